The van der Waals surface area contributed by atoms with Crippen molar-refractivity contribution < 1.29 is 14.3 Å². The van der Waals surface area contributed by atoms with Gasteiger partial charge in [0.25, 0.3) is 0 Å². The fourth-order valence-corrected chi connectivity index (χ4v) is 3.23. The van der Waals surface area contributed by atoms with Crippen molar-refractivity contribution in [3.63, 3.8) is 0 Å². The maximum absolute atomic E-state index is 12.2. The number of benzene rings is 2. The smallest absolute Gasteiger partial charge is 0.313 e. The zero-order valence-corrected chi connectivity index (χ0v) is 16.0. The molecule has 0 fully saturated rings. The molecule has 0 saturated heterocycles. The van der Waals surface area contributed by atoms with Crippen molar-refractivity contribution in [1.29, 1.82) is 0 Å². The molecule has 1 unspecified atom stereocenters. The molecular weight excluding hydrogens is 366 g/mol. The van der Waals surface area contributed by atoms with Crippen LogP contribution in [0.3, 0.4) is 0 Å². The first-order valence-corrected chi connectivity index (χ1v) is 9.08. The van der Waals surface area contributed by atoms with Gasteiger partial charge in [0.1, 0.15) is 5.75 Å². The predicted octanol–water partition coefficient (Wildman–Crippen LogP) is 2.63. The summed E-state index contributed by atoms with van der Waals surface area (Å²) in [4.78, 5) is 26.3. The molecule has 2 aromatic rings. The number of carbonyl (C=O) groups excluding carboxylic acids is 2. The number of nitrogens with one attached hydrogen (secondary N) is 2. The summed E-state index contributed by atoms with van der Waals surface area (Å²) in [5.74, 6) is -0.496. The highest BCUT2D eigenvalue weighted by molar-refractivity contribution is 6.39. The maximum atomic E-state index is 12.2. The van der Waals surface area contributed by atoms with Gasteiger partial charge in [0.05, 0.1) is 12.6 Å². The van der Waals surface area contributed by atoms with E-state index in [9.17, 15) is 9.59 Å². The molecule has 1 aliphatic rings. The van der Waals surface area contributed by atoms with Gasteiger partial charge in [-0.25, -0.2) is 0 Å². The Balaban J connectivity index is 1.62. The fourth-order valence-electron chi connectivity index (χ4n) is 3.04. The lowest BCUT2D eigenvalue weighted by atomic mass is 10.0. The summed E-state index contributed by atoms with van der Waals surface area (Å²) in [5, 5.41) is 5.74. The Bertz CT molecular complexity index is 854. The minimum absolute atomic E-state index is 0.0566. The van der Waals surface area contributed by atoms with Crippen molar-refractivity contribution in [2.45, 2.75) is 12.5 Å². The predicted molar refractivity (Wildman–Crippen MR) is 105 cm³/mol. The van der Waals surface area contributed by atoms with Crippen LogP contribution in [-0.2, 0) is 16.0 Å². The summed E-state index contributed by atoms with van der Waals surface area (Å²) in [7, 11) is 3.87. The molecular formula is C20H22ClN3O3. The van der Waals surface area contributed by atoms with E-state index in [0.29, 0.717) is 23.9 Å². The van der Waals surface area contributed by atoms with Gasteiger partial charge in [-0.05, 0) is 49.5 Å². The van der Waals surface area contributed by atoms with E-state index in [-0.39, 0.29) is 6.04 Å². The summed E-state index contributed by atoms with van der Waals surface area (Å²) in [6.07, 6.45) is 0.887. The first kappa shape index (κ1) is 19.2. The molecule has 2 aromatic carbocycles. The number of anilines is 1. The molecule has 0 saturated carbocycles. The lowest BCUT2D eigenvalue weighted by Gasteiger charge is -2.25. The second-order valence-electron chi connectivity index (χ2n) is 6.62. The van der Waals surface area contributed by atoms with Gasteiger partial charge >= 0.3 is 11.8 Å². The first-order chi connectivity index (χ1) is 12.9. The molecule has 1 atom stereocenters. The second-order valence-corrected chi connectivity index (χ2v) is 7.06. The van der Waals surface area contributed by atoms with Crippen LogP contribution >= 0.6 is 11.6 Å². The molecule has 1 heterocycles. The van der Waals surface area contributed by atoms with Crippen LogP contribution < -0.4 is 15.4 Å². The minimum atomic E-state index is -0.725. The van der Waals surface area contributed by atoms with E-state index >= 15 is 0 Å². The van der Waals surface area contributed by atoms with E-state index < -0.39 is 11.8 Å². The zero-order valence-electron chi connectivity index (χ0n) is 15.3. The summed E-state index contributed by atoms with van der Waals surface area (Å²) < 4.78 is 5.54. The molecule has 7 heteroatoms. The Morgan fingerprint density at radius 1 is 1.19 bits per heavy atom. The van der Waals surface area contributed by atoms with Crippen LogP contribution in [0.25, 0.3) is 0 Å². The van der Waals surface area contributed by atoms with E-state index in [2.05, 4.69) is 16.7 Å². The summed E-state index contributed by atoms with van der Waals surface area (Å²) in [6.45, 7) is 1.01. The van der Waals surface area contributed by atoms with Crippen molar-refractivity contribution in [2.24, 2.45) is 0 Å². The molecule has 0 radical (unpaired) electrons. The summed E-state index contributed by atoms with van der Waals surface area (Å²) in [5.41, 5.74) is 2.72. The van der Waals surface area contributed by atoms with Gasteiger partial charge in [-0.1, -0.05) is 29.8 Å². The van der Waals surface area contributed by atoms with E-state index in [1.54, 1.807) is 24.3 Å². The molecule has 27 heavy (non-hydrogen) atoms. The molecule has 142 valence electrons. The lowest BCUT2D eigenvalue weighted by molar-refractivity contribution is -0.136. The molecule has 3 rings (SSSR count). The van der Waals surface area contributed by atoms with E-state index in [0.717, 1.165) is 17.7 Å². The van der Waals surface area contributed by atoms with Gasteiger partial charge in [-0.2, -0.15) is 0 Å². The number of carbonyl (C=O) groups is 2. The SMILES string of the molecule is CN(C)C(CNC(=O)C(=O)Nc1cccc(Cl)c1)c1ccc2c(c1)CCO2. The van der Waals surface area contributed by atoms with Crippen LogP contribution in [-0.4, -0.2) is 44.0 Å². The molecule has 1 aliphatic heterocycles. The van der Waals surface area contributed by atoms with Crippen molar-refractivity contribution in [2.75, 3.05) is 32.6 Å². The molecule has 0 spiro atoms. The Labute approximate surface area is 163 Å². The van der Waals surface area contributed by atoms with E-state index in [1.165, 1.54) is 5.56 Å². The van der Waals surface area contributed by atoms with Crippen LogP contribution in [0.4, 0.5) is 5.69 Å². The summed E-state index contributed by atoms with van der Waals surface area (Å²) >= 11 is 5.89. The average molecular weight is 388 g/mol. The molecule has 2 N–H and O–H groups in total. The standard InChI is InChI=1S/C20H22ClN3O3/c1-24(2)17(13-6-7-18-14(10-13)8-9-27-18)12-22-19(25)20(26)23-16-5-3-4-15(21)11-16/h3-7,10-11,17H,8-9,12H2,1-2H3,(H,22,25)(H,23,26). The number of halogens is 1. The van der Waals surface area contributed by atoms with E-state index in [1.807, 2.05) is 31.1 Å². The Morgan fingerprint density at radius 2 is 2.00 bits per heavy atom. The Kier molecular flexibility index (Phi) is 5.98. The number of hydrogen-bond acceptors (Lipinski definition) is 4. The largest absolute Gasteiger partial charge is 0.493 e. The third kappa shape index (κ3) is 4.78. The van der Waals surface area contributed by atoms with Crippen molar-refractivity contribution >= 4 is 29.1 Å². The summed E-state index contributed by atoms with van der Waals surface area (Å²) in [6, 6.07) is 12.7. The Morgan fingerprint density at radius 3 is 2.74 bits per heavy atom. The minimum Gasteiger partial charge on any atom is -0.493 e. The van der Waals surface area contributed by atoms with Gasteiger partial charge in [-0.3, -0.25) is 9.59 Å². The third-order valence-electron chi connectivity index (χ3n) is 4.47. The fraction of sp³-hybridized carbons (Fsp3) is 0.300. The highest BCUT2D eigenvalue weighted by atomic mass is 35.5. The number of fused-ring (bicyclic) bond motifs is 1. The monoisotopic (exact) mass is 387 g/mol. The van der Waals surface area contributed by atoms with Gasteiger partial charge in [0, 0.05) is 23.7 Å². The topological polar surface area (TPSA) is 70.7 Å². The average Bonchev–Trinajstić information content (AvgIpc) is 3.09. The zero-order chi connectivity index (χ0) is 19.4. The van der Waals surface area contributed by atoms with Crippen LogP contribution in [0.2, 0.25) is 5.02 Å². The Hall–Kier alpha value is -2.57. The van der Waals surface area contributed by atoms with Gasteiger partial charge in [0.2, 0.25) is 0 Å². The highest BCUT2D eigenvalue weighted by Crippen LogP contribution is 2.29. The number of ether oxygens (including phenoxy) is 1. The normalized spacial score (nSPS) is 13.6. The van der Waals surface area contributed by atoms with Crippen molar-refractivity contribution in [3.8, 4) is 5.75 Å². The quantitative estimate of drug-likeness (QED) is 0.774. The molecule has 2 amide bonds. The van der Waals surface area contributed by atoms with Crippen LogP contribution in [0.1, 0.15) is 17.2 Å². The first-order valence-electron chi connectivity index (χ1n) is 8.71. The highest BCUT2D eigenvalue weighted by Gasteiger charge is 2.21. The number of rotatable bonds is 5. The van der Waals surface area contributed by atoms with Crippen molar-refractivity contribution in [3.05, 3.63) is 58.6 Å². The number of nitrogens with zero attached hydrogens (tertiary/aromatic N) is 1. The van der Waals surface area contributed by atoms with Crippen LogP contribution in [0.5, 0.6) is 5.75 Å². The lowest BCUT2D eigenvalue weighted by Crippen LogP contribution is -2.40. The van der Waals surface area contributed by atoms with Crippen LogP contribution in [0, 0.1) is 0 Å². The van der Waals surface area contributed by atoms with E-state index in [4.69, 9.17) is 16.3 Å². The second kappa shape index (κ2) is 8.41. The number of likely N-dealkylation sites (N-methyl/N-ethyl adjacent to an activating group) is 1. The van der Waals surface area contributed by atoms with Crippen LogP contribution in [0.15, 0.2) is 42.5 Å². The molecule has 6 nitrogen and oxygen atoms in total. The van der Waals surface area contributed by atoms with Crippen molar-refractivity contribution in [1.82, 2.24) is 10.2 Å². The molecule has 0 aromatic heterocycles. The number of amides is 2. The van der Waals surface area contributed by atoms with Gasteiger partial charge < -0.3 is 20.3 Å². The third-order valence-corrected chi connectivity index (χ3v) is 4.70. The number of hydrogen-bond donors (Lipinski definition) is 2. The van der Waals surface area contributed by atoms with Gasteiger partial charge in [0.15, 0.2) is 0 Å². The molecule has 0 bridgehead atoms. The molecule has 0 aliphatic carbocycles. The van der Waals surface area contributed by atoms with Gasteiger partial charge in [-0.15, -0.1) is 0 Å². The maximum Gasteiger partial charge on any atom is 0.313 e.